The second kappa shape index (κ2) is 4.73. The molecule has 3 aromatic rings. The molecule has 2 nitrogen and oxygen atoms in total. The molecule has 1 heterocycles. The third-order valence-corrected chi connectivity index (χ3v) is 3.28. The van der Waals surface area contributed by atoms with Crippen LogP contribution in [0.15, 0.2) is 59.2 Å². The third-order valence-electron chi connectivity index (χ3n) is 3.28. The highest BCUT2D eigenvalue weighted by atomic mass is 16.3. The maximum absolute atomic E-state index is 12.2. The molecule has 0 aliphatic carbocycles. The highest BCUT2D eigenvalue weighted by molar-refractivity contribution is 6.00. The molecule has 0 atom stereocenters. The van der Waals surface area contributed by atoms with Gasteiger partial charge in [-0.15, -0.1) is 0 Å². The molecule has 2 heteroatoms. The van der Waals surface area contributed by atoms with Crippen molar-refractivity contribution in [3.8, 4) is 0 Å². The van der Waals surface area contributed by atoms with Gasteiger partial charge >= 0.3 is 0 Å². The quantitative estimate of drug-likeness (QED) is 0.653. The lowest BCUT2D eigenvalue weighted by molar-refractivity contribution is 0.0992. The Morgan fingerprint density at radius 3 is 2.68 bits per heavy atom. The first-order valence-electron chi connectivity index (χ1n) is 6.29. The number of benzene rings is 2. The van der Waals surface area contributed by atoms with Gasteiger partial charge in [-0.3, -0.25) is 4.79 Å². The number of aryl methyl sites for hydroxylation is 1. The van der Waals surface area contributed by atoms with Crippen LogP contribution >= 0.6 is 0 Å². The topological polar surface area (TPSA) is 30.2 Å². The van der Waals surface area contributed by atoms with E-state index >= 15 is 0 Å². The van der Waals surface area contributed by atoms with Gasteiger partial charge in [-0.1, -0.05) is 42.5 Å². The Morgan fingerprint density at radius 1 is 1.11 bits per heavy atom. The summed E-state index contributed by atoms with van der Waals surface area (Å²) in [6.45, 7) is 1.84. The van der Waals surface area contributed by atoms with Crippen molar-refractivity contribution in [3.05, 3.63) is 71.7 Å². The smallest absolute Gasteiger partial charge is 0.170 e. The lowest BCUT2D eigenvalue weighted by Gasteiger charge is -2.04. The summed E-state index contributed by atoms with van der Waals surface area (Å²) in [5.41, 5.74) is 1.70. The van der Waals surface area contributed by atoms with Crippen molar-refractivity contribution in [2.45, 2.75) is 13.3 Å². The Kier molecular flexibility index (Phi) is 2.92. The van der Waals surface area contributed by atoms with E-state index in [1.807, 2.05) is 31.2 Å². The molecule has 0 unspecified atom stereocenters. The van der Waals surface area contributed by atoms with E-state index in [2.05, 4.69) is 18.2 Å². The molecule has 3 rings (SSSR count). The fourth-order valence-corrected chi connectivity index (χ4v) is 2.31. The summed E-state index contributed by atoms with van der Waals surface area (Å²) in [7, 11) is 0. The van der Waals surface area contributed by atoms with Gasteiger partial charge in [-0.05, 0) is 29.3 Å². The van der Waals surface area contributed by atoms with E-state index in [1.165, 1.54) is 6.26 Å². The van der Waals surface area contributed by atoms with E-state index in [-0.39, 0.29) is 5.78 Å². The van der Waals surface area contributed by atoms with Crippen molar-refractivity contribution in [2.24, 2.45) is 0 Å². The number of rotatable bonds is 3. The number of hydrogen-bond acceptors (Lipinski definition) is 2. The molecular formula is C17H14O2. The minimum absolute atomic E-state index is 0.0909. The average molecular weight is 250 g/mol. The molecular weight excluding hydrogens is 236 g/mol. The van der Waals surface area contributed by atoms with Crippen LogP contribution in [-0.4, -0.2) is 5.78 Å². The minimum atomic E-state index is 0.0909. The summed E-state index contributed by atoms with van der Waals surface area (Å²) in [5, 5.41) is 2.30. The second-order valence-electron chi connectivity index (χ2n) is 4.68. The van der Waals surface area contributed by atoms with Gasteiger partial charge in [0.25, 0.3) is 0 Å². The molecule has 1 aromatic heterocycles. The number of ketones is 1. The highest BCUT2D eigenvalue weighted by Crippen LogP contribution is 2.20. The first-order chi connectivity index (χ1) is 9.24. The van der Waals surface area contributed by atoms with Gasteiger partial charge in [-0.2, -0.15) is 0 Å². The number of carbonyl (C=O) groups excluding carboxylic acids is 1. The van der Waals surface area contributed by atoms with Crippen molar-refractivity contribution in [1.82, 2.24) is 0 Å². The van der Waals surface area contributed by atoms with Crippen molar-refractivity contribution >= 4 is 16.6 Å². The molecule has 0 radical (unpaired) electrons. The molecule has 19 heavy (non-hydrogen) atoms. The molecule has 0 saturated carbocycles. The second-order valence-corrected chi connectivity index (χ2v) is 4.68. The molecule has 0 aliphatic rings. The van der Waals surface area contributed by atoms with Crippen LogP contribution in [0.3, 0.4) is 0 Å². The van der Waals surface area contributed by atoms with Crippen molar-refractivity contribution < 1.29 is 9.21 Å². The Labute approximate surface area is 111 Å². The SMILES string of the molecule is Cc1cc(C(=O)Cc2cccc3ccccc23)co1. The summed E-state index contributed by atoms with van der Waals surface area (Å²) < 4.78 is 5.19. The van der Waals surface area contributed by atoms with Crippen molar-refractivity contribution in [2.75, 3.05) is 0 Å². The Morgan fingerprint density at radius 2 is 1.89 bits per heavy atom. The maximum Gasteiger partial charge on any atom is 0.170 e. The minimum Gasteiger partial charge on any atom is -0.469 e. The van der Waals surface area contributed by atoms with E-state index in [0.717, 1.165) is 22.1 Å². The third kappa shape index (κ3) is 2.29. The van der Waals surface area contributed by atoms with Gasteiger partial charge in [0.05, 0.1) is 5.56 Å². The number of carbonyl (C=O) groups is 1. The summed E-state index contributed by atoms with van der Waals surface area (Å²) in [5.74, 6) is 0.856. The van der Waals surface area contributed by atoms with Gasteiger partial charge < -0.3 is 4.42 Å². The van der Waals surface area contributed by atoms with Crippen molar-refractivity contribution in [3.63, 3.8) is 0 Å². The fourth-order valence-electron chi connectivity index (χ4n) is 2.31. The molecule has 0 aliphatic heterocycles. The fraction of sp³-hybridized carbons (Fsp3) is 0.118. The molecule has 94 valence electrons. The first-order valence-corrected chi connectivity index (χ1v) is 6.29. The first kappa shape index (κ1) is 11.7. The predicted molar refractivity (Wildman–Crippen MR) is 75.4 cm³/mol. The van der Waals surface area contributed by atoms with E-state index in [9.17, 15) is 4.79 Å². The van der Waals surface area contributed by atoms with E-state index in [1.54, 1.807) is 6.07 Å². The zero-order valence-electron chi connectivity index (χ0n) is 10.7. The molecule has 0 bridgehead atoms. The molecule has 0 N–H and O–H groups in total. The largest absolute Gasteiger partial charge is 0.469 e. The van der Waals surface area contributed by atoms with Crippen LogP contribution in [0.4, 0.5) is 0 Å². The van der Waals surface area contributed by atoms with Crippen LogP contribution in [0.2, 0.25) is 0 Å². The van der Waals surface area contributed by atoms with Crippen LogP contribution in [0.5, 0.6) is 0 Å². The zero-order valence-corrected chi connectivity index (χ0v) is 10.7. The molecule has 0 amide bonds. The number of fused-ring (bicyclic) bond motifs is 1. The lowest BCUT2D eigenvalue weighted by atomic mass is 9.99. The van der Waals surface area contributed by atoms with Gasteiger partial charge in [0.2, 0.25) is 0 Å². The number of furan rings is 1. The molecule has 0 saturated heterocycles. The normalized spacial score (nSPS) is 10.8. The van der Waals surface area contributed by atoms with Crippen LogP contribution in [-0.2, 0) is 6.42 Å². The Hall–Kier alpha value is -2.35. The summed E-state index contributed by atoms with van der Waals surface area (Å²) in [6.07, 6.45) is 1.93. The van der Waals surface area contributed by atoms with Crippen LogP contribution in [0, 0.1) is 6.92 Å². The van der Waals surface area contributed by atoms with Crippen LogP contribution in [0.1, 0.15) is 21.7 Å². The Balaban J connectivity index is 1.95. The van der Waals surface area contributed by atoms with Gasteiger partial charge in [0.15, 0.2) is 5.78 Å². The standard InChI is InChI=1S/C17H14O2/c1-12-9-15(11-19-12)17(18)10-14-7-4-6-13-5-2-3-8-16(13)14/h2-9,11H,10H2,1H3. The lowest BCUT2D eigenvalue weighted by Crippen LogP contribution is -2.02. The number of hydrogen-bond donors (Lipinski definition) is 0. The van der Waals surface area contributed by atoms with Crippen LogP contribution in [0.25, 0.3) is 10.8 Å². The molecule has 2 aromatic carbocycles. The summed E-state index contributed by atoms with van der Waals surface area (Å²) in [6, 6.07) is 16.0. The highest BCUT2D eigenvalue weighted by Gasteiger charge is 2.11. The average Bonchev–Trinajstić information content (AvgIpc) is 2.86. The van der Waals surface area contributed by atoms with Crippen molar-refractivity contribution in [1.29, 1.82) is 0 Å². The summed E-state index contributed by atoms with van der Waals surface area (Å²) >= 11 is 0. The monoisotopic (exact) mass is 250 g/mol. The van der Waals surface area contributed by atoms with E-state index < -0.39 is 0 Å². The molecule has 0 spiro atoms. The predicted octanol–water partition coefficient (Wildman–Crippen LogP) is 4.17. The zero-order chi connectivity index (χ0) is 13.2. The molecule has 0 fully saturated rings. The van der Waals surface area contributed by atoms with E-state index in [0.29, 0.717) is 12.0 Å². The Bertz CT molecular complexity index is 732. The summed E-state index contributed by atoms with van der Waals surface area (Å²) in [4.78, 5) is 12.2. The van der Waals surface area contributed by atoms with Crippen LogP contribution < -0.4 is 0 Å². The van der Waals surface area contributed by atoms with Gasteiger partial charge in [0.1, 0.15) is 12.0 Å². The van der Waals surface area contributed by atoms with Gasteiger partial charge in [-0.25, -0.2) is 0 Å². The van der Waals surface area contributed by atoms with Gasteiger partial charge in [0, 0.05) is 6.42 Å². The van der Waals surface area contributed by atoms with E-state index in [4.69, 9.17) is 4.42 Å². The maximum atomic E-state index is 12.2. The number of Topliss-reactive ketones (excluding diaryl/α,β-unsaturated/α-hetero) is 1.